The number of rotatable bonds is 1. The number of benzene rings is 1. The molecule has 88 valence electrons. The van der Waals surface area contributed by atoms with E-state index in [0.29, 0.717) is 13.0 Å². The molecular formula is C10H10BrClFNO2. The summed E-state index contributed by atoms with van der Waals surface area (Å²) >= 11 is 3.33. The third-order valence-electron chi connectivity index (χ3n) is 2.27. The fourth-order valence-electron chi connectivity index (χ4n) is 1.54. The zero-order valence-electron chi connectivity index (χ0n) is 8.20. The first kappa shape index (κ1) is 13.3. The molecule has 16 heavy (non-hydrogen) atoms. The summed E-state index contributed by atoms with van der Waals surface area (Å²) in [4.78, 5) is 11.0. The van der Waals surface area contributed by atoms with Gasteiger partial charge in [-0.05, 0) is 23.8 Å². The third-order valence-corrected chi connectivity index (χ3v) is 2.99. The van der Waals surface area contributed by atoms with Crippen LogP contribution in [0.4, 0.5) is 9.18 Å². The van der Waals surface area contributed by atoms with Crippen molar-refractivity contribution in [1.82, 2.24) is 5.32 Å². The van der Waals surface area contributed by atoms with E-state index in [2.05, 4.69) is 21.2 Å². The van der Waals surface area contributed by atoms with Crippen molar-refractivity contribution >= 4 is 34.4 Å². The number of hydrogen-bond acceptors (Lipinski definition) is 2. The third kappa shape index (κ3) is 2.86. The molecule has 0 saturated carbocycles. The van der Waals surface area contributed by atoms with Crippen LogP contribution in [-0.4, -0.2) is 12.7 Å². The molecule has 0 radical (unpaired) electrons. The molecule has 0 aliphatic carbocycles. The quantitative estimate of drug-likeness (QED) is 0.865. The monoisotopic (exact) mass is 309 g/mol. The summed E-state index contributed by atoms with van der Waals surface area (Å²) < 4.78 is 18.6. The Morgan fingerprint density at radius 1 is 1.50 bits per heavy atom. The maximum atomic E-state index is 13.0. The van der Waals surface area contributed by atoms with E-state index in [-0.39, 0.29) is 24.3 Å². The Morgan fingerprint density at radius 3 is 2.94 bits per heavy atom. The van der Waals surface area contributed by atoms with Crippen LogP contribution in [-0.2, 0) is 4.74 Å². The van der Waals surface area contributed by atoms with Crippen molar-refractivity contribution in [3.05, 3.63) is 34.1 Å². The van der Waals surface area contributed by atoms with Gasteiger partial charge in [0.25, 0.3) is 0 Å². The lowest BCUT2D eigenvalue weighted by molar-refractivity contribution is 0.115. The zero-order valence-corrected chi connectivity index (χ0v) is 10.6. The second-order valence-electron chi connectivity index (χ2n) is 3.29. The summed E-state index contributed by atoms with van der Waals surface area (Å²) in [5.41, 5.74) is 0.742. The zero-order chi connectivity index (χ0) is 10.8. The number of amides is 1. The summed E-state index contributed by atoms with van der Waals surface area (Å²) in [5.74, 6) is -0.311. The number of ether oxygens (including phenoxy) is 1. The molecule has 1 aliphatic heterocycles. The van der Waals surface area contributed by atoms with Crippen molar-refractivity contribution in [3.8, 4) is 0 Å². The van der Waals surface area contributed by atoms with E-state index < -0.39 is 6.09 Å². The van der Waals surface area contributed by atoms with Gasteiger partial charge in [0.05, 0.1) is 12.6 Å². The van der Waals surface area contributed by atoms with E-state index in [4.69, 9.17) is 4.74 Å². The molecule has 2 rings (SSSR count). The van der Waals surface area contributed by atoms with Gasteiger partial charge in [0.2, 0.25) is 0 Å². The molecule has 1 aromatic rings. The van der Waals surface area contributed by atoms with Gasteiger partial charge in [0.1, 0.15) is 5.82 Å². The summed E-state index contributed by atoms with van der Waals surface area (Å²) in [5, 5.41) is 2.64. The van der Waals surface area contributed by atoms with E-state index in [1.54, 1.807) is 6.07 Å². The number of nitrogens with one attached hydrogen (secondary N) is 1. The summed E-state index contributed by atoms with van der Waals surface area (Å²) in [6.45, 7) is 0.361. The van der Waals surface area contributed by atoms with Crippen LogP contribution < -0.4 is 5.32 Å². The molecule has 1 atom stereocenters. The van der Waals surface area contributed by atoms with E-state index in [1.807, 2.05) is 0 Å². The first-order chi connectivity index (χ1) is 7.16. The van der Waals surface area contributed by atoms with Crippen LogP contribution in [0.25, 0.3) is 0 Å². The first-order valence-corrected chi connectivity index (χ1v) is 5.34. The molecule has 0 unspecified atom stereocenters. The summed E-state index contributed by atoms with van der Waals surface area (Å²) in [6, 6.07) is 4.23. The largest absolute Gasteiger partial charge is 0.449 e. The maximum absolute atomic E-state index is 13.0. The van der Waals surface area contributed by atoms with Gasteiger partial charge < -0.3 is 10.1 Å². The predicted octanol–water partition coefficient (Wildman–Crippen LogP) is 3.18. The highest BCUT2D eigenvalue weighted by atomic mass is 79.9. The molecular weight excluding hydrogens is 300 g/mol. The van der Waals surface area contributed by atoms with Crippen molar-refractivity contribution in [2.45, 2.75) is 12.5 Å². The highest BCUT2D eigenvalue weighted by molar-refractivity contribution is 9.10. The number of carbonyl (C=O) groups excluding carboxylic acids is 1. The van der Waals surface area contributed by atoms with E-state index in [9.17, 15) is 9.18 Å². The lowest BCUT2D eigenvalue weighted by Crippen LogP contribution is -2.35. The van der Waals surface area contributed by atoms with E-state index in [1.165, 1.54) is 12.1 Å². The van der Waals surface area contributed by atoms with Crippen molar-refractivity contribution in [2.75, 3.05) is 6.61 Å². The van der Waals surface area contributed by atoms with Crippen molar-refractivity contribution in [3.63, 3.8) is 0 Å². The number of alkyl carbamates (subject to hydrolysis) is 1. The van der Waals surface area contributed by atoms with E-state index in [0.717, 1.165) is 10.0 Å². The SMILES string of the molecule is Cl.O=C1N[C@H](c2cc(F)ccc2Br)CCO1. The lowest BCUT2D eigenvalue weighted by atomic mass is 10.0. The van der Waals surface area contributed by atoms with Crippen LogP contribution in [0.5, 0.6) is 0 Å². The Hall–Kier alpha value is -0.810. The Bertz CT molecular complexity index is 402. The first-order valence-electron chi connectivity index (χ1n) is 4.55. The van der Waals surface area contributed by atoms with Crippen LogP contribution >= 0.6 is 28.3 Å². The molecule has 1 aromatic carbocycles. The highest BCUT2D eigenvalue weighted by Gasteiger charge is 2.22. The number of halogens is 3. The van der Waals surface area contributed by atoms with Gasteiger partial charge in [0, 0.05) is 10.9 Å². The van der Waals surface area contributed by atoms with Gasteiger partial charge in [-0.25, -0.2) is 9.18 Å². The molecule has 3 nitrogen and oxygen atoms in total. The van der Waals surface area contributed by atoms with Gasteiger partial charge in [-0.2, -0.15) is 0 Å². The molecule has 1 amide bonds. The molecule has 0 spiro atoms. The fourth-order valence-corrected chi connectivity index (χ4v) is 2.06. The minimum Gasteiger partial charge on any atom is -0.449 e. The number of hydrogen-bond donors (Lipinski definition) is 1. The molecule has 0 bridgehead atoms. The Balaban J connectivity index is 0.00000128. The van der Waals surface area contributed by atoms with Crippen LogP contribution in [0.3, 0.4) is 0 Å². The van der Waals surface area contributed by atoms with Gasteiger partial charge in [-0.15, -0.1) is 12.4 Å². The van der Waals surface area contributed by atoms with E-state index >= 15 is 0 Å². The van der Waals surface area contributed by atoms with Crippen LogP contribution in [0.1, 0.15) is 18.0 Å². The molecule has 1 saturated heterocycles. The lowest BCUT2D eigenvalue weighted by Gasteiger charge is -2.24. The molecule has 0 aromatic heterocycles. The van der Waals surface area contributed by atoms with Crippen molar-refractivity contribution in [2.24, 2.45) is 0 Å². The number of cyclic esters (lactones) is 1. The van der Waals surface area contributed by atoms with Crippen LogP contribution in [0, 0.1) is 5.82 Å². The molecule has 1 fully saturated rings. The molecule has 1 heterocycles. The maximum Gasteiger partial charge on any atom is 0.407 e. The van der Waals surface area contributed by atoms with Crippen LogP contribution in [0.2, 0.25) is 0 Å². The fraction of sp³-hybridized carbons (Fsp3) is 0.300. The summed E-state index contributed by atoms with van der Waals surface area (Å²) in [7, 11) is 0. The standard InChI is InChI=1S/C10H9BrFNO2.ClH/c11-8-2-1-6(12)5-7(8)9-3-4-15-10(14)13-9;/h1-2,5,9H,3-4H2,(H,13,14);1H/t9-;/m0./s1. The molecule has 6 heteroatoms. The molecule has 1 aliphatic rings. The van der Waals surface area contributed by atoms with Crippen LogP contribution in [0.15, 0.2) is 22.7 Å². The van der Waals surface area contributed by atoms with Gasteiger partial charge >= 0.3 is 6.09 Å². The second-order valence-corrected chi connectivity index (χ2v) is 4.14. The topological polar surface area (TPSA) is 38.3 Å². The van der Waals surface area contributed by atoms with Crippen molar-refractivity contribution < 1.29 is 13.9 Å². The van der Waals surface area contributed by atoms with Gasteiger partial charge in [-0.3, -0.25) is 0 Å². The van der Waals surface area contributed by atoms with Gasteiger partial charge in [-0.1, -0.05) is 15.9 Å². The minimum absolute atomic E-state index is 0. The van der Waals surface area contributed by atoms with Crippen molar-refractivity contribution in [1.29, 1.82) is 0 Å². The average molecular weight is 311 g/mol. The Kier molecular flexibility index (Phi) is 4.56. The Labute approximate surface area is 107 Å². The normalized spacial score (nSPS) is 19.4. The average Bonchev–Trinajstić information content (AvgIpc) is 2.22. The predicted molar refractivity (Wildman–Crippen MR) is 63.2 cm³/mol. The smallest absolute Gasteiger partial charge is 0.407 e. The number of carbonyl (C=O) groups is 1. The highest BCUT2D eigenvalue weighted by Crippen LogP contribution is 2.28. The van der Waals surface area contributed by atoms with Gasteiger partial charge in [0.15, 0.2) is 0 Å². The Morgan fingerprint density at radius 2 is 2.25 bits per heavy atom. The molecule has 1 N–H and O–H groups in total. The summed E-state index contributed by atoms with van der Waals surface area (Å²) in [6.07, 6.45) is 0.191. The second kappa shape index (κ2) is 5.50. The minimum atomic E-state index is -0.456.